The van der Waals surface area contributed by atoms with Crippen molar-refractivity contribution in [1.82, 2.24) is 0 Å². The number of aliphatic carboxylic acids is 1. The van der Waals surface area contributed by atoms with Gasteiger partial charge < -0.3 is 9.84 Å². The van der Waals surface area contributed by atoms with Gasteiger partial charge in [0.15, 0.2) is 0 Å². The zero-order valence-electron chi connectivity index (χ0n) is 8.24. The lowest BCUT2D eigenvalue weighted by Gasteiger charge is -2.12. The number of esters is 1. The van der Waals surface area contributed by atoms with Crippen molar-refractivity contribution in [2.45, 2.75) is 27.2 Å². The molecule has 0 bridgehead atoms. The van der Waals surface area contributed by atoms with Gasteiger partial charge in [0.25, 0.3) is 0 Å². The van der Waals surface area contributed by atoms with Crippen molar-refractivity contribution in [3.63, 3.8) is 0 Å². The lowest BCUT2D eigenvalue weighted by Crippen LogP contribution is -2.20. The Morgan fingerprint density at radius 1 is 1.31 bits per heavy atom. The molecular formula is C9H16O4. The summed E-state index contributed by atoms with van der Waals surface area (Å²) in [6.07, 6.45) is 0.328. The van der Waals surface area contributed by atoms with E-state index in [1.807, 2.05) is 0 Å². The maximum Gasteiger partial charge on any atom is 0.308 e. The highest BCUT2D eigenvalue weighted by atomic mass is 16.5. The third kappa shape index (κ3) is 4.50. The van der Waals surface area contributed by atoms with Gasteiger partial charge in [-0.15, -0.1) is 0 Å². The molecule has 0 heterocycles. The second kappa shape index (κ2) is 5.56. The summed E-state index contributed by atoms with van der Waals surface area (Å²) in [7, 11) is 0. The topological polar surface area (TPSA) is 63.6 Å². The van der Waals surface area contributed by atoms with E-state index in [1.165, 1.54) is 0 Å². The maximum absolute atomic E-state index is 11.1. The quantitative estimate of drug-likeness (QED) is 0.660. The first-order valence-corrected chi connectivity index (χ1v) is 4.38. The fourth-order valence-corrected chi connectivity index (χ4v) is 1.01. The van der Waals surface area contributed by atoms with Crippen molar-refractivity contribution in [2.75, 3.05) is 6.61 Å². The number of rotatable bonds is 5. The van der Waals surface area contributed by atoms with Gasteiger partial charge in [0.05, 0.1) is 18.4 Å². The van der Waals surface area contributed by atoms with E-state index in [0.717, 1.165) is 0 Å². The molecule has 76 valence electrons. The summed E-state index contributed by atoms with van der Waals surface area (Å²) in [5, 5.41) is 8.59. The van der Waals surface area contributed by atoms with Gasteiger partial charge in [-0.2, -0.15) is 0 Å². The molecule has 4 nitrogen and oxygen atoms in total. The van der Waals surface area contributed by atoms with E-state index in [9.17, 15) is 9.59 Å². The zero-order valence-corrected chi connectivity index (χ0v) is 8.24. The molecular weight excluding hydrogens is 172 g/mol. The van der Waals surface area contributed by atoms with Crippen molar-refractivity contribution in [1.29, 1.82) is 0 Å². The summed E-state index contributed by atoms with van der Waals surface area (Å²) in [6, 6.07) is 0. The minimum atomic E-state index is -0.879. The Bertz CT molecular complexity index is 188. The van der Waals surface area contributed by atoms with Gasteiger partial charge in [0, 0.05) is 0 Å². The summed E-state index contributed by atoms with van der Waals surface area (Å²) in [5.74, 6) is -2.04. The standard InChI is InChI=1S/C9H16O4/c1-4-13-9(12)7(3)5-6(2)8(10)11/h6-7H,4-5H2,1-3H3,(H,10,11)/t6-,7+/m1/s1. The van der Waals surface area contributed by atoms with Crippen LogP contribution in [-0.2, 0) is 14.3 Å². The molecule has 0 radical (unpaired) electrons. The van der Waals surface area contributed by atoms with Crippen LogP contribution in [0.25, 0.3) is 0 Å². The molecule has 2 atom stereocenters. The molecule has 0 spiro atoms. The number of hydrogen-bond donors (Lipinski definition) is 1. The zero-order chi connectivity index (χ0) is 10.4. The molecule has 0 aromatic rings. The smallest absolute Gasteiger partial charge is 0.308 e. The maximum atomic E-state index is 11.1. The third-order valence-corrected chi connectivity index (χ3v) is 1.82. The average molecular weight is 188 g/mol. The van der Waals surface area contributed by atoms with Gasteiger partial charge in [0.1, 0.15) is 0 Å². The van der Waals surface area contributed by atoms with Crippen LogP contribution in [0.3, 0.4) is 0 Å². The molecule has 0 aliphatic carbocycles. The molecule has 0 aromatic carbocycles. The summed E-state index contributed by atoms with van der Waals surface area (Å²) < 4.78 is 4.75. The van der Waals surface area contributed by atoms with Gasteiger partial charge in [-0.25, -0.2) is 0 Å². The lowest BCUT2D eigenvalue weighted by molar-refractivity contribution is -0.149. The number of carbonyl (C=O) groups excluding carboxylic acids is 1. The predicted octanol–water partition coefficient (Wildman–Crippen LogP) is 1.30. The second-order valence-corrected chi connectivity index (χ2v) is 3.13. The first-order chi connectivity index (χ1) is 5.99. The Kier molecular flexibility index (Phi) is 5.11. The normalized spacial score (nSPS) is 14.7. The van der Waals surface area contributed by atoms with Crippen LogP contribution in [0.2, 0.25) is 0 Å². The summed E-state index contributed by atoms with van der Waals surface area (Å²) in [6.45, 7) is 5.32. The minimum absolute atomic E-state index is 0.324. The monoisotopic (exact) mass is 188 g/mol. The Hall–Kier alpha value is -1.06. The molecule has 0 saturated carbocycles. The number of ether oxygens (including phenoxy) is 1. The average Bonchev–Trinajstić information content (AvgIpc) is 2.04. The Morgan fingerprint density at radius 2 is 1.85 bits per heavy atom. The molecule has 0 fully saturated rings. The van der Waals surface area contributed by atoms with Gasteiger partial charge in [0.2, 0.25) is 0 Å². The van der Waals surface area contributed by atoms with Gasteiger partial charge in [-0.1, -0.05) is 13.8 Å². The van der Waals surface area contributed by atoms with Crippen LogP contribution in [0.1, 0.15) is 27.2 Å². The Labute approximate surface area is 77.9 Å². The van der Waals surface area contributed by atoms with Crippen molar-refractivity contribution in [3.05, 3.63) is 0 Å². The van der Waals surface area contributed by atoms with Crippen molar-refractivity contribution in [2.24, 2.45) is 11.8 Å². The summed E-state index contributed by atoms with van der Waals surface area (Å²) in [5.41, 5.74) is 0. The van der Waals surface area contributed by atoms with E-state index in [4.69, 9.17) is 9.84 Å². The first kappa shape index (κ1) is 11.9. The molecule has 0 aliphatic heterocycles. The molecule has 13 heavy (non-hydrogen) atoms. The Balaban J connectivity index is 3.92. The van der Waals surface area contributed by atoms with Crippen molar-refractivity contribution in [3.8, 4) is 0 Å². The van der Waals surface area contributed by atoms with E-state index >= 15 is 0 Å². The molecule has 0 aliphatic rings. The molecule has 1 N–H and O–H groups in total. The van der Waals surface area contributed by atoms with E-state index in [2.05, 4.69) is 0 Å². The van der Waals surface area contributed by atoms with E-state index in [-0.39, 0.29) is 11.9 Å². The van der Waals surface area contributed by atoms with Gasteiger partial charge in [-0.05, 0) is 13.3 Å². The van der Waals surface area contributed by atoms with Crippen molar-refractivity contribution >= 4 is 11.9 Å². The van der Waals surface area contributed by atoms with Gasteiger partial charge in [-0.3, -0.25) is 9.59 Å². The molecule has 0 rings (SSSR count). The van der Waals surface area contributed by atoms with Crippen LogP contribution in [0.5, 0.6) is 0 Å². The lowest BCUT2D eigenvalue weighted by atomic mass is 9.98. The fraction of sp³-hybridized carbons (Fsp3) is 0.778. The number of carboxylic acid groups (broad SMARTS) is 1. The highest BCUT2D eigenvalue weighted by Crippen LogP contribution is 2.13. The minimum Gasteiger partial charge on any atom is -0.481 e. The number of carboxylic acids is 1. The van der Waals surface area contributed by atoms with Crippen molar-refractivity contribution < 1.29 is 19.4 Å². The summed E-state index contributed by atoms with van der Waals surface area (Å²) in [4.78, 5) is 21.5. The first-order valence-electron chi connectivity index (χ1n) is 4.38. The van der Waals surface area contributed by atoms with Crippen LogP contribution < -0.4 is 0 Å². The summed E-state index contributed by atoms with van der Waals surface area (Å²) >= 11 is 0. The third-order valence-electron chi connectivity index (χ3n) is 1.82. The number of hydrogen-bond acceptors (Lipinski definition) is 3. The molecule has 0 unspecified atom stereocenters. The molecule has 4 heteroatoms. The van der Waals surface area contributed by atoms with Crippen LogP contribution in [-0.4, -0.2) is 23.7 Å². The molecule has 0 amide bonds. The van der Waals surface area contributed by atoms with E-state index in [0.29, 0.717) is 13.0 Å². The highest BCUT2D eigenvalue weighted by molar-refractivity contribution is 5.74. The number of carbonyl (C=O) groups is 2. The van der Waals surface area contributed by atoms with E-state index < -0.39 is 11.9 Å². The van der Waals surface area contributed by atoms with Crippen LogP contribution in [0, 0.1) is 11.8 Å². The van der Waals surface area contributed by atoms with Crippen LogP contribution in [0.15, 0.2) is 0 Å². The molecule has 0 aromatic heterocycles. The second-order valence-electron chi connectivity index (χ2n) is 3.13. The van der Waals surface area contributed by atoms with Crippen LogP contribution >= 0.6 is 0 Å². The molecule has 0 saturated heterocycles. The highest BCUT2D eigenvalue weighted by Gasteiger charge is 2.20. The van der Waals surface area contributed by atoms with E-state index in [1.54, 1.807) is 20.8 Å². The fourth-order valence-electron chi connectivity index (χ4n) is 1.01. The van der Waals surface area contributed by atoms with Gasteiger partial charge >= 0.3 is 11.9 Å². The largest absolute Gasteiger partial charge is 0.481 e. The van der Waals surface area contributed by atoms with Crippen LogP contribution in [0.4, 0.5) is 0 Å². The Morgan fingerprint density at radius 3 is 2.23 bits per heavy atom. The SMILES string of the molecule is CCOC(=O)[C@@H](C)C[C@@H](C)C(=O)O. The predicted molar refractivity (Wildman–Crippen MR) is 47.2 cm³/mol.